The van der Waals surface area contributed by atoms with E-state index >= 15 is 0 Å². The smallest absolute Gasteiger partial charge is 0.195 e. The van der Waals surface area contributed by atoms with E-state index in [1.54, 1.807) is 0 Å². The van der Waals surface area contributed by atoms with Gasteiger partial charge in [-0.2, -0.15) is 0 Å². The Bertz CT molecular complexity index is 427. The molecular weight excluding hydrogens is 262 g/mol. The van der Waals surface area contributed by atoms with Gasteiger partial charge in [0.25, 0.3) is 0 Å². The van der Waals surface area contributed by atoms with Crippen molar-refractivity contribution in [2.75, 3.05) is 6.54 Å². The molecule has 0 aliphatic heterocycles. The Labute approximate surface area is 118 Å². The molecule has 0 saturated carbocycles. The second kappa shape index (κ2) is 7.63. The minimum atomic E-state index is 0.118. The van der Waals surface area contributed by atoms with Gasteiger partial charge >= 0.3 is 0 Å². The molecule has 5 N–H and O–H groups in total. The van der Waals surface area contributed by atoms with Gasteiger partial charge in [-0.15, -0.1) is 0 Å². The molecule has 104 valence electrons. The van der Waals surface area contributed by atoms with E-state index in [1.165, 1.54) is 0 Å². The van der Waals surface area contributed by atoms with Crippen LogP contribution in [0, 0.1) is 10.8 Å². The molecule has 0 aliphatic carbocycles. The minimum absolute atomic E-state index is 0.118. The van der Waals surface area contributed by atoms with Crippen molar-refractivity contribution in [2.45, 2.75) is 26.3 Å². The summed E-state index contributed by atoms with van der Waals surface area (Å²) in [7, 11) is 0. The molecule has 0 atom stereocenters. The summed E-state index contributed by atoms with van der Waals surface area (Å²) in [5.74, 6) is 0.242. The molecule has 0 spiro atoms. The van der Waals surface area contributed by atoms with E-state index in [4.69, 9.17) is 22.4 Å². The highest BCUT2D eigenvalue weighted by atomic mass is 35.5. The molecule has 0 bridgehead atoms. The Morgan fingerprint density at radius 1 is 1.16 bits per heavy atom. The summed E-state index contributed by atoms with van der Waals surface area (Å²) in [6.45, 7) is 4.50. The predicted molar refractivity (Wildman–Crippen MR) is 80.0 cm³/mol. The lowest BCUT2D eigenvalue weighted by Crippen LogP contribution is -2.48. The van der Waals surface area contributed by atoms with Gasteiger partial charge in [0.2, 0.25) is 0 Å². The highest BCUT2D eigenvalue weighted by molar-refractivity contribution is 6.30. The van der Waals surface area contributed by atoms with Crippen LogP contribution < -0.4 is 16.0 Å². The number of guanidine groups is 2. The number of benzene rings is 1. The van der Waals surface area contributed by atoms with Gasteiger partial charge in [0, 0.05) is 17.6 Å². The molecule has 0 unspecified atom stereocenters. The van der Waals surface area contributed by atoms with Gasteiger partial charge in [-0.3, -0.25) is 16.1 Å². The van der Waals surface area contributed by atoms with Crippen LogP contribution in [0.15, 0.2) is 24.3 Å². The third kappa shape index (κ3) is 6.67. The van der Waals surface area contributed by atoms with E-state index in [9.17, 15) is 0 Å². The highest BCUT2D eigenvalue weighted by Gasteiger charge is 2.01. The summed E-state index contributed by atoms with van der Waals surface area (Å²) in [4.78, 5) is 0. The van der Waals surface area contributed by atoms with Crippen LogP contribution in [0.1, 0.15) is 19.4 Å². The van der Waals surface area contributed by atoms with Crippen LogP contribution in [0.4, 0.5) is 0 Å². The first-order valence-corrected chi connectivity index (χ1v) is 6.54. The van der Waals surface area contributed by atoms with Crippen molar-refractivity contribution in [2.24, 2.45) is 0 Å². The Kier molecular flexibility index (Phi) is 6.15. The fraction of sp³-hybridized carbons (Fsp3) is 0.385. The van der Waals surface area contributed by atoms with Gasteiger partial charge < -0.3 is 10.6 Å². The molecule has 0 aromatic heterocycles. The van der Waals surface area contributed by atoms with Gasteiger partial charge in [0.15, 0.2) is 11.9 Å². The third-order valence-corrected chi connectivity index (χ3v) is 2.56. The number of halogens is 1. The summed E-state index contributed by atoms with van der Waals surface area (Å²) in [5.41, 5.74) is 1.15. The van der Waals surface area contributed by atoms with E-state index in [0.29, 0.717) is 6.54 Å². The van der Waals surface area contributed by atoms with Gasteiger partial charge in [0.1, 0.15) is 0 Å². The summed E-state index contributed by atoms with van der Waals surface area (Å²) in [6, 6.07) is 7.79. The van der Waals surface area contributed by atoms with Crippen LogP contribution in [-0.2, 0) is 6.42 Å². The van der Waals surface area contributed by atoms with Crippen LogP contribution in [0.25, 0.3) is 0 Å². The number of rotatable bonds is 4. The third-order valence-electron chi connectivity index (χ3n) is 2.31. The Morgan fingerprint density at radius 3 is 2.37 bits per heavy atom. The van der Waals surface area contributed by atoms with Gasteiger partial charge in [-0.25, -0.2) is 0 Å². The van der Waals surface area contributed by atoms with Gasteiger partial charge in [-0.05, 0) is 38.0 Å². The van der Waals surface area contributed by atoms with Crippen molar-refractivity contribution < 1.29 is 0 Å². The van der Waals surface area contributed by atoms with E-state index in [-0.39, 0.29) is 18.0 Å². The van der Waals surface area contributed by atoms with Crippen molar-refractivity contribution in [1.82, 2.24) is 16.0 Å². The Balaban J connectivity index is 2.23. The zero-order valence-corrected chi connectivity index (χ0v) is 11.9. The fourth-order valence-electron chi connectivity index (χ4n) is 1.48. The lowest BCUT2D eigenvalue weighted by molar-refractivity contribution is 0.714. The average molecular weight is 282 g/mol. The minimum Gasteiger partial charge on any atom is -0.356 e. The second-order valence-corrected chi connectivity index (χ2v) is 4.91. The highest BCUT2D eigenvalue weighted by Crippen LogP contribution is 2.09. The van der Waals surface area contributed by atoms with Crippen LogP contribution in [0.3, 0.4) is 0 Å². The molecule has 0 fully saturated rings. The molecule has 1 aromatic rings. The first-order chi connectivity index (χ1) is 8.97. The van der Waals surface area contributed by atoms with Crippen LogP contribution in [0.5, 0.6) is 0 Å². The molecule has 0 heterocycles. The van der Waals surface area contributed by atoms with Crippen molar-refractivity contribution >= 4 is 23.5 Å². The lowest BCUT2D eigenvalue weighted by atomic mass is 10.1. The molecule has 6 heteroatoms. The van der Waals surface area contributed by atoms with Crippen molar-refractivity contribution in [3.8, 4) is 0 Å². The molecule has 0 amide bonds. The maximum absolute atomic E-state index is 7.64. The van der Waals surface area contributed by atoms with E-state index in [0.717, 1.165) is 17.0 Å². The number of nitrogens with one attached hydrogen (secondary N) is 5. The van der Waals surface area contributed by atoms with Gasteiger partial charge in [-0.1, -0.05) is 23.7 Å². The molecule has 5 nitrogen and oxygen atoms in total. The zero-order chi connectivity index (χ0) is 14.3. The lowest BCUT2D eigenvalue weighted by Gasteiger charge is -2.14. The van der Waals surface area contributed by atoms with E-state index < -0.39 is 0 Å². The van der Waals surface area contributed by atoms with Crippen molar-refractivity contribution in [1.29, 1.82) is 10.8 Å². The first kappa shape index (κ1) is 15.3. The van der Waals surface area contributed by atoms with Crippen LogP contribution in [0.2, 0.25) is 5.02 Å². The van der Waals surface area contributed by atoms with E-state index in [2.05, 4.69) is 16.0 Å². The molecule has 0 aliphatic rings. The van der Waals surface area contributed by atoms with Crippen LogP contribution >= 0.6 is 11.6 Å². The molecular formula is C13H20ClN5. The van der Waals surface area contributed by atoms with Gasteiger partial charge in [0.05, 0.1) is 0 Å². The predicted octanol–water partition coefficient (Wildman–Crippen LogP) is 1.93. The Morgan fingerprint density at radius 2 is 1.79 bits per heavy atom. The van der Waals surface area contributed by atoms with Crippen molar-refractivity contribution in [3.05, 3.63) is 34.9 Å². The topological polar surface area (TPSA) is 83.8 Å². The SMILES string of the molecule is CC(C)NC(=N)NC(=N)NCCc1ccc(Cl)cc1. The normalized spacial score (nSPS) is 10.1. The summed E-state index contributed by atoms with van der Waals surface area (Å²) >= 11 is 5.80. The maximum Gasteiger partial charge on any atom is 0.195 e. The quantitative estimate of drug-likeness (QED) is 0.432. The molecule has 19 heavy (non-hydrogen) atoms. The molecule has 1 aromatic carbocycles. The van der Waals surface area contributed by atoms with E-state index in [1.807, 2.05) is 38.1 Å². The van der Waals surface area contributed by atoms with Crippen LogP contribution in [-0.4, -0.2) is 24.5 Å². The molecule has 0 saturated heterocycles. The summed E-state index contributed by atoms with van der Waals surface area (Å²) in [6.07, 6.45) is 0.798. The van der Waals surface area contributed by atoms with Crippen molar-refractivity contribution in [3.63, 3.8) is 0 Å². The second-order valence-electron chi connectivity index (χ2n) is 4.48. The molecule has 1 rings (SSSR count). The largest absolute Gasteiger partial charge is 0.356 e. The Hall–Kier alpha value is -1.75. The standard InChI is InChI=1S/C13H20ClN5/c1-9(2)18-13(16)19-12(15)17-8-7-10-3-5-11(14)6-4-10/h3-6,9H,7-8H2,1-2H3,(H5,15,16,17,18,19). The molecule has 0 radical (unpaired) electrons. The fourth-order valence-corrected chi connectivity index (χ4v) is 1.60. The summed E-state index contributed by atoms with van der Waals surface area (Å²) < 4.78 is 0. The first-order valence-electron chi connectivity index (χ1n) is 6.16. The number of hydrogen-bond acceptors (Lipinski definition) is 2. The monoisotopic (exact) mass is 281 g/mol. The maximum atomic E-state index is 7.64. The average Bonchev–Trinajstić information content (AvgIpc) is 2.30. The summed E-state index contributed by atoms with van der Waals surface area (Å²) in [5, 5.41) is 24.3. The zero-order valence-electron chi connectivity index (χ0n) is 11.2. The number of hydrogen-bond donors (Lipinski definition) is 5.